The molecule has 24 heavy (non-hydrogen) atoms. The molecule has 0 fully saturated rings. The molecule has 1 aromatic rings. The van der Waals surface area contributed by atoms with Gasteiger partial charge in [0.25, 0.3) is 5.69 Å². The monoisotopic (exact) mass is 332 g/mol. The van der Waals surface area contributed by atoms with Crippen molar-refractivity contribution in [2.24, 2.45) is 5.10 Å². The van der Waals surface area contributed by atoms with Gasteiger partial charge in [0.05, 0.1) is 21.7 Å². The number of allylic oxidation sites excluding steroid dienone is 4. The summed E-state index contributed by atoms with van der Waals surface area (Å²) in [5.74, 6) is 1.36. The molecular formula is C15H16N4O5. The van der Waals surface area contributed by atoms with E-state index in [0.29, 0.717) is 11.5 Å². The van der Waals surface area contributed by atoms with Crippen molar-refractivity contribution in [3.8, 4) is 0 Å². The third-order valence-corrected chi connectivity index (χ3v) is 3.41. The van der Waals surface area contributed by atoms with Crippen molar-refractivity contribution in [2.45, 2.75) is 27.2 Å². The number of benzene rings is 1. The summed E-state index contributed by atoms with van der Waals surface area (Å²) < 4.78 is 5.62. The predicted octanol–water partition coefficient (Wildman–Crippen LogP) is 3.89. The van der Waals surface area contributed by atoms with Crippen LogP contribution in [0.4, 0.5) is 17.1 Å². The molecule has 0 aromatic heterocycles. The number of anilines is 1. The lowest BCUT2D eigenvalue weighted by atomic mass is 10.1. The maximum Gasteiger partial charge on any atom is 0.301 e. The number of nitro groups is 2. The van der Waals surface area contributed by atoms with Crippen LogP contribution in [0.3, 0.4) is 0 Å². The zero-order chi connectivity index (χ0) is 17.9. The summed E-state index contributed by atoms with van der Waals surface area (Å²) >= 11 is 0. The molecule has 1 aromatic carbocycles. The van der Waals surface area contributed by atoms with Crippen LogP contribution in [0.2, 0.25) is 0 Å². The summed E-state index contributed by atoms with van der Waals surface area (Å²) in [5, 5.41) is 25.9. The number of nitrogens with one attached hydrogen (secondary N) is 1. The standard InChI is InChI=1S/C15H16N4O5/c1-9-4-5-10(2)24-15(9)11(3)16-17-13-7-6-12(18(20)21)8-14(13)19(22)23/h5-8,17H,4H2,1-3H3. The molecule has 1 N–H and O–H groups in total. The summed E-state index contributed by atoms with van der Waals surface area (Å²) in [6.45, 7) is 5.45. The first-order chi connectivity index (χ1) is 11.3. The summed E-state index contributed by atoms with van der Waals surface area (Å²) in [6.07, 6.45) is 2.69. The van der Waals surface area contributed by atoms with E-state index in [-0.39, 0.29) is 11.4 Å². The molecule has 9 heteroatoms. The van der Waals surface area contributed by atoms with Gasteiger partial charge in [-0.3, -0.25) is 25.7 Å². The van der Waals surface area contributed by atoms with Crippen molar-refractivity contribution < 1.29 is 14.6 Å². The predicted molar refractivity (Wildman–Crippen MR) is 88.6 cm³/mol. The van der Waals surface area contributed by atoms with Gasteiger partial charge < -0.3 is 4.74 Å². The van der Waals surface area contributed by atoms with Crippen LogP contribution in [0.15, 0.2) is 46.5 Å². The highest BCUT2D eigenvalue weighted by atomic mass is 16.6. The van der Waals surface area contributed by atoms with Gasteiger partial charge in [-0.05, 0) is 44.9 Å². The fraction of sp³-hybridized carbons (Fsp3) is 0.267. The number of rotatable bonds is 5. The quantitative estimate of drug-likeness (QED) is 0.496. The lowest BCUT2D eigenvalue weighted by Crippen LogP contribution is -2.10. The van der Waals surface area contributed by atoms with Crippen LogP contribution in [-0.2, 0) is 4.74 Å². The van der Waals surface area contributed by atoms with Crippen LogP contribution in [0.25, 0.3) is 0 Å². The highest BCUT2D eigenvalue weighted by Crippen LogP contribution is 2.29. The van der Waals surface area contributed by atoms with Crippen LogP contribution in [0.5, 0.6) is 0 Å². The fourth-order valence-corrected chi connectivity index (χ4v) is 2.14. The topological polar surface area (TPSA) is 120 Å². The van der Waals surface area contributed by atoms with Crippen LogP contribution < -0.4 is 5.43 Å². The third-order valence-electron chi connectivity index (χ3n) is 3.41. The van der Waals surface area contributed by atoms with Gasteiger partial charge in [0.15, 0.2) is 0 Å². The van der Waals surface area contributed by atoms with Crippen LogP contribution in [0, 0.1) is 20.2 Å². The molecule has 0 saturated carbocycles. The zero-order valence-electron chi connectivity index (χ0n) is 13.4. The Bertz CT molecular complexity index is 795. The molecular weight excluding hydrogens is 316 g/mol. The highest BCUT2D eigenvalue weighted by Gasteiger charge is 2.20. The second-order valence-corrected chi connectivity index (χ2v) is 5.26. The van der Waals surface area contributed by atoms with Crippen LogP contribution in [0.1, 0.15) is 27.2 Å². The average molecular weight is 332 g/mol. The van der Waals surface area contributed by atoms with Gasteiger partial charge in [0.1, 0.15) is 17.2 Å². The number of nitro benzene ring substituents is 2. The lowest BCUT2D eigenvalue weighted by Gasteiger charge is -2.17. The first-order valence-electron chi connectivity index (χ1n) is 7.07. The Balaban J connectivity index is 2.28. The van der Waals surface area contributed by atoms with Gasteiger partial charge in [0.2, 0.25) is 0 Å². The number of ether oxygens (including phenoxy) is 1. The van der Waals surface area contributed by atoms with Crippen LogP contribution in [-0.4, -0.2) is 15.6 Å². The molecule has 126 valence electrons. The van der Waals surface area contributed by atoms with Gasteiger partial charge in [-0.25, -0.2) is 0 Å². The highest BCUT2D eigenvalue weighted by molar-refractivity contribution is 5.98. The minimum atomic E-state index is -0.700. The Morgan fingerprint density at radius 3 is 2.58 bits per heavy atom. The minimum Gasteiger partial charge on any atom is -0.460 e. The van der Waals surface area contributed by atoms with E-state index in [4.69, 9.17) is 4.74 Å². The molecule has 0 amide bonds. The molecule has 1 aliphatic heterocycles. The molecule has 0 atom stereocenters. The summed E-state index contributed by atoms with van der Waals surface area (Å²) in [7, 11) is 0. The van der Waals surface area contributed by atoms with Crippen molar-refractivity contribution in [1.82, 2.24) is 0 Å². The largest absolute Gasteiger partial charge is 0.460 e. The van der Waals surface area contributed by atoms with E-state index in [1.165, 1.54) is 12.1 Å². The summed E-state index contributed by atoms with van der Waals surface area (Å²) in [4.78, 5) is 20.4. The fourth-order valence-electron chi connectivity index (χ4n) is 2.14. The number of hydrazone groups is 1. The second kappa shape index (κ2) is 6.90. The number of hydrogen-bond acceptors (Lipinski definition) is 7. The summed E-state index contributed by atoms with van der Waals surface area (Å²) in [5.41, 5.74) is 3.37. The maximum absolute atomic E-state index is 11.1. The number of hydrogen-bond donors (Lipinski definition) is 1. The Morgan fingerprint density at radius 1 is 1.25 bits per heavy atom. The molecule has 0 radical (unpaired) electrons. The van der Waals surface area contributed by atoms with Crippen molar-refractivity contribution >= 4 is 22.8 Å². The molecule has 9 nitrogen and oxygen atoms in total. The normalized spacial score (nSPS) is 14.8. The Kier molecular flexibility index (Phi) is 4.93. The van der Waals surface area contributed by atoms with E-state index in [1.54, 1.807) is 6.92 Å². The minimum absolute atomic E-state index is 0.0614. The maximum atomic E-state index is 11.1. The van der Waals surface area contributed by atoms with Crippen molar-refractivity contribution in [3.63, 3.8) is 0 Å². The molecule has 0 bridgehead atoms. The van der Waals surface area contributed by atoms with E-state index >= 15 is 0 Å². The van der Waals surface area contributed by atoms with E-state index in [2.05, 4.69) is 10.5 Å². The second-order valence-electron chi connectivity index (χ2n) is 5.26. The lowest BCUT2D eigenvalue weighted by molar-refractivity contribution is -0.393. The molecule has 0 unspecified atom stereocenters. The molecule has 1 heterocycles. The van der Waals surface area contributed by atoms with Gasteiger partial charge in [0, 0.05) is 6.07 Å². The zero-order valence-corrected chi connectivity index (χ0v) is 13.4. The number of non-ortho nitro benzene ring substituents is 1. The van der Waals surface area contributed by atoms with Crippen molar-refractivity contribution in [3.05, 3.63) is 61.6 Å². The van der Waals surface area contributed by atoms with Crippen LogP contribution >= 0.6 is 0 Å². The number of nitrogens with zero attached hydrogens (tertiary/aromatic N) is 3. The Morgan fingerprint density at radius 2 is 1.96 bits per heavy atom. The van der Waals surface area contributed by atoms with E-state index < -0.39 is 15.5 Å². The Hall–Kier alpha value is -3.23. The van der Waals surface area contributed by atoms with E-state index in [0.717, 1.165) is 23.8 Å². The average Bonchev–Trinajstić information content (AvgIpc) is 2.54. The molecule has 2 rings (SSSR count). The van der Waals surface area contributed by atoms with Gasteiger partial charge >= 0.3 is 5.69 Å². The molecule has 0 aliphatic carbocycles. The Labute approximate surface area is 137 Å². The van der Waals surface area contributed by atoms with E-state index in [9.17, 15) is 20.2 Å². The van der Waals surface area contributed by atoms with Gasteiger partial charge in [-0.15, -0.1) is 0 Å². The molecule has 1 aliphatic rings. The third kappa shape index (κ3) is 3.75. The van der Waals surface area contributed by atoms with Gasteiger partial charge in [-0.1, -0.05) is 0 Å². The van der Waals surface area contributed by atoms with Crippen molar-refractivity contribution in [1.29, 1.82) is 0 Å². The first kappa shape index (κ1) is 17.1. The molecule has 0 spiro atoms. The van der Waals surface area contributed by atoms with E-state index in [1.807, 2.05) is 19.9 Å². The van der Waals surface area contributed by atoms with Crippen molar-refractivity contribution in [2.75, 3.05) is 5.43 Å². The molecule has 0 saturated heterocycles. The van der Waals surface area contributed by atoms with Gasteiger partial charge in [-0.2, -0.15) is 5.10 Å². The smallest absolute Gasteiger partial charge is 0.301 e. The first-order valence-corrected chi connectivity index (χ1v) is 7.07. The summed E-state index contributed by atoms with van der Waals surface area (Å²) in [6, 6.07) is 3.32. The SMILES string of the molecule is CC1=CCC(C)=C(C(C)=NNc2ccc([N+](=O)[O-])cc2[N+](=O)[O-])O1.